The first-order valence-electron chi connectivity index (χ1n) is 2.96. The summed E-state index contributed by atoms with van der Waals surface area (Å²) in [5, 5.41) is 2.40. The number of hydrogen-bond donors (Lipinski definition) is 0. The molecule has 0 unspecified atom stereocenters. The van der Waals surface area contributed by atoms with Crippen molar-refractivity contribution in [1.29, 1.82) is 0 Å². The lowest BCUT2D eigenvalue weighted by atomic mass is 10.7. The largest absolute Gasteiger partial charge is 0.475 e. The molecule has 1 rings (SSSR count). The summed E-state index contributed by atoms with van der Waals surface area (Å²) in [4.78, 5) is 0. The fourth-order valence-corrected chi connectivity index (χ4v) is 1.74. The molecule has 48 valence electrons. The second-order valence-corrected chi connectivity index (χ2v) is 4.47. The lowest BCUT2D eigenvalue weighted by molar-refractivity contribution is 0.601. The summed E-state index contributed by atoms with van der Waals surface area (Å²) in [6, 6.07) is 3.94. The molecule has 1 aromatic rings. The Balaban J connectivity index is 2.58. The van der Waals surface area contributed by atoms with Crippen LogP contribution in [0.2, 0.25) is 0 Å². The van der Waals surface area contributed by atoms with Gasteiger partial charge in [-0.05, 0) is 19.1 Å². The summed E-state index contributed by atoms with van der Waals surface area (Å²) in [5.74, 6) is 0. The third-order valence-corrected chi connectivity index (χ3v) is 2.41. The summed E-state index contributed by atoms with van der Waals surface area (Å²) in [7, 11) is -0.296. The SMILES string of the molecule is C=C(C)[SiH2]c1ccco1. The zero-order valence-corrected chi connectivity index (χ0v) is 6.97. The molecule has 0 amide bonds. The quantitative estimate of drug-likeness (QED) is 0.546. The first-order valence-corrected chi connectivity index (χ1v) is 4.37. The van der Waals surface area contributed by atoms with Crippen molar-refractivity contribution in [3.05, 3.63) is 30.2 Å². The lowest BCUT2D eigenvalue weighted by Crippen LogP contribution is -2.11. The predicted molar refractivity (Wildman–Crippen MR) is 41.7 cm³/mol. The highest BCUT2D eigenvalue weighted by Gasteiger charge is 1.93. The maximum Gasteiger partial charge on any atom is 0.126 e. The minimum absolute atomic E-state index is 0.296. The van der Waals surface area contributed by atoms with Crippen molar-refractivity contribution in [2.24, 2.45) is 0 Å². The molecule has 0 atom stereocenters. The first kappa shape index (κ1) is 6.36. The average molecular weight is 138 g/mol. The van der Waals surface area contributed by atoms with Crippen molar-refractivity contribution >= 4 is 14.9 Å². The second kappa shape index (κ2) is 2.69. The summed E-state index contributed by atoms with van der Waals surface area (Å²) >= 11 is 0. The molecule has 9 heavy (non-hydrogen) atoms. The molecule has 0 aromatic carbocycles. The molecule has 0 bridgehead atoms. The van der Waals surface area contributed by atoms with Crippen molar-refractivity contribution in [2.75, 3.05) is 0 Å². The van der Waals surface area contributed by atoms with Gasteiger partial charge in [-0.25, -0.2) is 0 Å². The molecule has 0 aliphatic rings. The Morgan fingerprint density at radius 2 is 2.56 bits per heavy atom. The van der Waals surface area contributed by atoms with E-state index in [0.717, 1.165) is 5.38 Å². The highest BCUT2D eigenvalue weighted by Crippen LogP contribution is 1.86. The van der Waals surface area contributed by atoms with E-state index in [4.69, 9.17) is 4.42 Å². The van der Waals surface area contributed by atoms with Crippen molar-refractivity contribution in [3.8, 4) is 0 Å². The first-order chi connectivity index (χ1) is 4.29. The fourth-order valence-electron chi connectivity index (χ4n) is 0.711. The summed E-state index contributed by atoms with van der Waals surface area (Å²) < 4.78 is 5.15. The monoisotopic (exact) mass is 138 g/mol. The van der Waals surface area contributed by atoms with Gasteiger partial charge in [-0.3, -0.25) is 0 Å². The summed E-state index contributed by atoms with van der Waals surface area (Å²) in [6.45, 7) is 5.88. The maximum absolute atomic E-state index is 5.15. The van der Waals surface area contributed by atoms with Gasteiger partial charge < -0.3 is 4.42 Å². The molecule has 0 aliphatic heterocycles. The van der Waals surface area contributed by atoms with Crippen molar-refractivity contribution in [1.82, 2.24) is 0 Å². The van der Waals surface area contributed by atoms with Gasteiger partial charge >= 0.3 is 0 Å². The average Bonchev–Trinajstić information content (AvgIpc) is 2.15. The van der Waals surface area contributed by atoms with Crippen LogP contribution < -0.4 is 5.38 Å². The molecule has 1 aromatic heterocycles. The van der Waals surface area contributed by atoms with Gasteiger partial charge in [0.1, 0.15) is 9.52 Å². The smallest absolute Gasteiger partial charge is 0.126 e. The number of allylic oxidation sites excluding steroid dienone is 1. The molecular weight excluding hydrogens is 128 g/mol. The van der Waals surface area contributed by atoms with Crippen LogP contribution in [0, 0.1) is 0 Å². The number of rotatable bonds is 2. The van der Waals surface area contributed by atoms with Gasteiger partial charge in [0.15, 0.2) is 0 Å². The van der Waals surface area contributed by atoms with Gasteiger partial charge in [-0.2, -0.15) is 0 Å². The van der Waals surface area contributed by atoms with Gasteiger partial charge in [-0.15, -0.1) is 6.58 Å². The second-order valence-electron chi connectivity index (χ2n) is 2.21. The number of furan rings is 1. The van der Waals surface area contributed by atoms with E-state index >= 15 is 0 Å². The molecular formula is C7H10OSi. The van der Waals surface area contributed by atoms with Crippen molar-refractivity contribution in [3.63, 3.8) is 0 Å². The minimum Gasteiger partial charge on any atom is -0.475 e. The van der Waals surface area contributed by atoms with Crippen LogP contribution in [-0.2, 0) is 0 Å². The van der Waals surface area contributed by atoms with E-state index in [1.165, 1.54) is 5.20 Å². The Morgan fingerprint density at radius 1 is 1.78 bits per heavy atom. The summed E-state index contributed by atoms with van der Waals surface area (Å²) in [6.07, 6.45) is 1.71. The topological polar surface area (TPSA) is 13.1 Å². The van der Waals surface area contributed by atoms with Crippen LogP contribution >= 0.6 is 0 Å². The fraction of sp³-hybridized carbons (Fsp3) is 0.143. The number of hydrogen-bond acceptors (Lipinski definition) is 1. The third kappa shape index (κ3) is 1.89. The Hall–Kier alpha value is -0.763. The molecule has 1 heterocycles. The van der Waals surface area contributed by atoms with Gasteiger partial charge in [0.2, 0.25) is 0 Å². The van der Waals surface area contributed by atoms with E-state index in [2.05, 4.69) is 13.5 Å². The van der Waals surface area contributed by atoms with Crippen LogP contribution in [0.5, 0.6) is 0 Å². The maximum atomic E-state index is 5.15. The van der Waals surface area contributed by atoms with Gasteiger partial charge in [0.05, 0.1) is 11.6 Å². The molecule has 0 aliphatic carbocycles. The highest BCUT2D eigenvalue weighted by molar-refractivity contribution is 6.59. The van der Waals surface area contributed by atoms with E-state index in [0.29, 0.717) is 0 Å². The Labute approximate surface area is 57.2 Å². The molecule has 2 heteroatoms. The van der Waals surface area contributed by atoms with Crippen LogP contribution in [0.25, 0.3) is 0 Å². The van der Waals surface area contributed by atoms with Crippen LogP contribution in [-0.4, -0.2) is 9.52 Å². The standard InChI is InChI=1S/C7H10OSi/c1-6(2)9-7-4-3-5-8-7/h3-5H,1,9H2,2H3. The molecule has 0 saturated carbocycles. The van der Waals surface area contributed by atoms with E-state index in [1.807, 2.05) is 12.1 Å². The van der Waals surface area contributed by atoms with Crippen LogP contribution in [0.3, 0.4) is 0 Å². The highest BCUT2D eigenvalue weighted by atomic mass is 28.2. The Bertz CT molecular complexity index is 189. The zero-order chi connectivity index (χ0) is 6.69. The normalized spacial score (nSPS) is 10.8. The lowest BCUT2D eigenvalue weighted by Gasteiger charge is -1.89. The van der Waals surface area contributed by atoms with Crippen LogP contribution in [0.15, 0.2) is 34.6 Å². The van der Waals surface area contributed by atoms with Gasteiger partial charge in [0.25, 0.3) is 0 Å². The summed E-state index contributed by atoms with van der Waals surface area (Å²) in [5.41, 5.74) is 0. The molecule has 0 spiro atoms. The molecule has 0 saturated heterocycles. The molecule has 0 N–H and O–H groups in total. The van der Waals surface area contributed by atoms with Crippen molar-refractivity contribution < 1.29 is 4.42 Å². The Morgan fingerprint density at radius 3 is 3.00 bits per heavy atom. The van der Waals surface area contributed by atoms with E-state index < -0.39 is 0 Å². The Kier molecular flexibility index (Phi) is 1.90. The van der Waals surface area contributed by atoms with E-state index in [9.17, 15) is 0 Å². The van der Waals surface area contributed by atoms with Gasteiger partial charge in [-0.1, -0.05) is 5.20 Å². The van der Waals surface area contributed by atoms with Crippen molar-refractivity contribution in [2.45, 2.75) is 6.92 Å². The van der Waals surface area contributed by atoms with Crippen LogP contribution in [0.1, 0.15) is 6.92 Å². The predicted octanol–water partition coefficient (Wildman–Crippen LogP) is 0.607. The minimum atomic E-state index is -0.296. The zero-order valence-electron chi connectivity index (χ0n) is 5.55. The molecule has 0 radical (unpaired) electrons. The van der Waals surface area contributed by atoms with Crippen LogP contribution in [0.4, 0.5) is 0 Å². The molecule has 0 fully saturated rings. The van der Waals surface area contributed by atoms with E-state index in [1.54, 1.807) is 6.26 Å². The van der Waals surface area contributed by atoms with E-state index in [-0.39, 0.29) is 9.52 Å². The van der Waals surface area contributed by atoms with Gasteiger partial charge in [0, 0.05) is 0 Å². The molecule has 1 nitrogen and oxygen atoms in total. The third-order valence-electron chi connectivity index (χ3n) is 1.06.